The maximum Gasteiger partial charge on any atom is 0.137 e. The van der Waals surface area contributed by atoms with Crippen molar-refractivity contribution in [3.8, 4) is 0 Å². The van der Waals surface area contributed by atoms with Crippen LogP contribution in [-0.4, -0.2) is 5.54 Å². The SMILES string of the molecule is CC(C)(N)C1(c2ccc(F)c(Br)c2)CC1. The molecule has 0 amide bonds. The number of hydrogen-bond donors (Lipinski definition) is 1. The molecule has 0 radical (unpaired) electrons. The lowest BCUT2D eigenvalue weighted by molar-refractivity contribution is 0.391. The Morgan fingerprint density at radius 3 is 2.40 bits per heavy atom. The van der Waals surface area contributed by atoms with E-state index >= 15 is 0 Å². The van der Waals surface area contributed by atoms with Gasteiger partial charge in [-0.2, -0.15) is 0 Å². The topological polar surface area (TPSA) is 26.0 Å². The molecule has 0 spiro atoms. The third-order valence-corrected chi connectivity index (χ3v) is 4.06. The molecular weight excluding hydrogens is 257 g/mol. The van der Waals surface area contributed by atoms with Crippen molar-refractivity contribution in [1.29, 1.82) is 0 Å². The number of hydrogen-bond acceptors (Lipinski definition) is 1. The molecule has 1 aromatic rings. The maximum atomic E-state index is 13.1. The molecule has 0 atom stereocenters. The molecule has 1 aliphatic rings. The highest BCUT2D eigenvalue weighted by atomic mass is 79.9. The number of rotatable bonds is 2. The molecule has 82 valence electrons. The average Bonchev–Trinajstić information content (AvgIpc) is 2.88. The van der Waals surface area contributed by atoms with Crippen LogP contribution in [0.5, 0.6) is 0 Å². The molecule has 0 bridgehead atoms. The molecule has 1 aliphatic carbocycles. The number of benzene rings is 1. The summed E-state index contributed by atoms with van der Waals surface area (Å²) in [6.07, 6.45) is 2.18. The first-order valence-electron chi connectivity index (χ1n) is 5.11. The largest absolute Gasteiger partial charge is 0.325 e. The summed E-state index contributed by atoms with van der Waals surface area (Å²) in [4.78, 5) is 0. The van der Waals surface area contributed by atoms with E-state index < -0.39 is 0 Å². The first-order valence-corrected chi connectivity index (χ1v) is 5.90. The van der Waals surface area contributed by atoms with Gasteiger partial charge in [-0.05, 0) is 60.3 Å². The summed E-state index contributed by atoms with van der Waals surface area (Å²) in [5.41, 5.74) is 7.13. The molecule has 0 aliphatic heterocycles. The minimum atomic E-state index is -0.246. The molecule has 0 aromatic heterocycles. The van der Waals surface area contributed by atoms with Crippen LogP contribution in [0.4, 0.5) is 4.39 Å². The Morgan fingerprint density at radius 2 is 2.00 bits per heavy atom. The molecule has 1 fully saturated rings. The van der Waals surface area contributed by atoms with Gasteiger partial charge in [0, 0.05) is 11.0 Å². The van der Waals surface area contributed by atoms with Crippen molar-refractivity contribution in [1.82, 2.24) is 0 Å². The highest BCUT2D eigenvalue weighted by molar-refractivity contribution is 9.10. The van der Waals surface area contributed by atoms with Crippen LogP contribution in [-0.2, 0) is 5.41 Å². The summed E-state index contributed by atoms with van der Waals surface area (Å²) in [5, 5.41) is 0. The molecule has 2 rings (SSSR count). The molecule has 0 heterocycles. The second kappa shape index (κ2) is 3.29. The van der Waals surface area contributed by atoms with Gasteiger partial charge < -0.3 is 5.73 Å². The van der Waals surface area contributed by atoms with E-state index in [0.29, 0.717) is 4.47 Å². The van der Waals surface area contributed by atoms with E-state index in [4.69, 9.17) is 5.73 Å². The Kier molecular flexibility index (Phi) is 2.43. The zero-order valence-electron chi connectivity index (χ0n) is 8.98. The molecule has 1 nitrogen and oxygen atoms in total. The zero-order chi connectivity index (χ0) is 11.3. The maximum absolute atomic E-state index is 13.1. The Labute approximate surface area is 98.0 Å². The number of nitrogens with two attached hydrogens (primary N) is 1. The fourth-order valence-corrected chi connectivity index (χ4v) is 2.60. The molecule has 3 heteroatoms. The number of halogens is 2. The third kappa shape index (κ3) is 1.72. The van der Waals surface area contributed by atoms with Crippen LogP contribution >= 0.6 is 15.9 Å². The fraction of sp³-hybridized carbons (Fsp3) is 0.500. The molecule has 15 heavy (non-hydrogen) atoms. The second-order valence-corrected chi connectivity index (χ2v) is 5.79. The van der Waals surface area contributed by atoms with E-state index in [9.17, 15) is 4.39 Å². The minimum absolute atomic E-state index is 0.0449. The Bertz CT molecular complexity index is 391. The molecule has 1 aromatic carbocycles. The van der Waals surface area contributed by atoms with Gasteiger partial charge in [-0.3, -0.25) is 0 Å². The van der Waals surface area contributed by atoms with E-state index in [1.807, 2.05) is 26.0 Å². The molecular formula is C12H15BrFN. The monoisotopic (exact) mass is 271 g/mol. The van der Waals surface area contributed by atoms with Gasteiger partial charge in [0.2, 0.25) is 0 Å². The van der Waals surface area contributed by atoms with Crippen LogP contribution in [0.25, 0.3) is 0 Å². The van der Waals surface area contributed by atoms with Gasteiger partial charge >= 0.3 is 0 Å². The lowest BCUT2D eigenvalue weighted by Gasteiger charge is -2.31. The second-order valence-electron chi connectivity index (χ2n) is 4.93. The van der Waals surface area contributed by atoms with Crippen LogP contribution < -0.4 is 5.73 Å². The Balaban J connectivity index is 2.43. The third-order valence-electron chi connectivity index (χ3n) is 3.46. The van der Waals surface area contributed by atoms with Crippen LogP contribution in [0, 0.1) is 5.82 Å². The van der Waals surface area contributed by atoms with Crippen molar-refractivity contribution in [2.45, 2.75) is 37.6 Å². The summed E-state index contributed by atoms with van der Waals surface area (Å²) < 4.78 is 13.6. The van der Waals surface area contributed by atoms with E-state index in [0.717, 1.165) is 18.4 Å². The summed E-state index contributed by atoms with van der Waals surface area (Å²) >= 11 is 3.22. The van der Waals surface area contributed by atoms with Crippen LogP contribution in [0.15, 0.2) is 22.7 Å². The van der Waals surface area contributed by atoms with Gasteiger partial charge in [0.05, 0.1) is 4.47 Å². The molecule has 0 unspecified atom stereocenters. The predicted molar refractivity (Wildman–Crippen MR) is 63.3 cm³/mol. The van der Waals surface area contributed by atoms with E-state index in [-0.39, 0.29) is 16.8 Å². The first-order chi connectivity index (χ1) is 6.87. The highest BCUT2D eigenvalue weighted by Gasteiger charge is 2.53. The van der Waals surface area contributed by atoms with Gasteiger partial charge in [-0.1, -0.05) is 6.07 Å². The van der Waals surface area contributed by atoms with Gasteiger partial charge in [-0.15, -0.1) is 0 Å². The summed E-state index contributed by atoms with van der Waals surface area (Å²) in [7, 11) is 0. The van der Waals surface area contributed by atoms with Crippen molar-refractivity contribution in [2.24, 2.45) is 5.73 Å². The summed E-state index contributed by atoms with van der Waals surface area (Å²) in [6.45, 7) is 4.08. The van der Waals surface area contributed by atoms with Gasteiger partial charge in [-0.25, -0.2) is 4.39 Å². The van der Waals surface area contributed by atoms with E-state index in [1.54, 1.807) is 0 Å². The summed E-state index contributed by atoms with van der Waals surface area (Å²) in [5.74, 6) is -0.218. The standard InChI is InChI=1S/C12H15BrFN/c1-11(2,15)12(5-6-12)8-3-4-10(14)9(13)7-8/h3-4,7H,5-6,15H2,1-2H3. The van der Waals surface area contributed by atoms with Crippen molar-refractivity contribution in [2.75, 3.05) is 0 Å². The van der Waals surface area contributed by atoms with Crippen molar-refractivity contribution in [3.05, 3.63) is 34.1 Å². The van der Waals surface area contributed by atoms with Crippen molar-refractivity contribution >= 4 is 15.9 Å². The van der Waals surface area contributed by atoms with Crippen LogP contribution in [0.3, 0.4) is 0 Å². The lowest BCUT2D eigenvalue weighted by atomic mass is 9.79. The highest BCUT2D eigenvalue weighted by Crippen LogP contribution is 2.55. The minimum Gasteiger partial charge on any atom is -0.325 e. The molecule has 2 N–H and O–H groups in total. The Hall–Kier alpha value is -0.410. The zero-order valence-corrected chi connectivity index (χ0v) is 10.6. The van der Waals surface area contributed by atoms with E-state index in [2.05, 4.69) is 15.9 Å². The summed E-state index contributed by atoms with van der Waals surface area (Å²) in [6, 6.07) is 5.21. The predicted octanol–water partition coefficient (Wildman–Crippen LogP) is 3.36. The van der Waals surface area contributed by atoms with Crippen LogP contribution in [0.2, 0.25) is 0 Å². The van der Waals surface area contributed by atoms with Crippen molar-refractivity contribution < 1.29 is 4.39 Å². The normalized spacial score (nSPS) is 19.0. The molecule has 0 saturated heterocycles. The average molecular weight is 272 g/mol. The Morgan fingerprint density at radius 1 is 1.40 bits per heavy atom. The van der Waals surface area contributed by atoms with Gasteiger partial charge in [0.15, 0.2) is 0 Å². The fourth-order valence-electron chi connectivity index (χ4n) is 2.22. The quantitative estimate of drug-likeness (QED) is 0.877. The first kappa shape index (κ1) is 11.1. The van der Waals surface area contributed by atoms with Gasteiger partial charge in [0.1, 0.15) is 5.82 Å². The lowest BCUT2D eigenvalue weighted by Crippen LogP contribution is -2.45. The molecule has 1 saturated carbocycles. The van der Waals surface area contributed by atoms with Crippen molar-refractivity contribution in [3.63, 3.8) is 0 Å². The van der Waals surface area contributed by atoms with Crippen LogP contribution in [0.1, 0.15) is 32.3 Å². The van der Waals surface area contributed by atoms with Gasteiger partial charge in [0.25, 0.3) is 0 Å². The van der Waals surface area contributed by atoms with E-state index in [1.165, 1.54) is 6.07 Å². The smallest absolute Gasteiger partial charge is 0.137 e.